The molecule has 22 heavy (non-hydrogen) atoms. The van der Waals surface area contributed by atoms with Crippen LogP contribution in [0.15, 0.2) is 48.8 Å². The third kappa shape index (κ3) is 4.69. The largest absolute Gasteiger partial charge is 0.460 e. The minimum Gasteiger partial charge on any atom is -0.460 e. The van der Waals surface area contributed by atoms with Crippen molar-refractivity contribution in [3.05, 3.63) is 54.4 Å². The fourth-order valence-corrected chi connectivity index (χ4v) is 2.30. The number of pyridine rings is 1. The molecule has 0 amide bonds. The molecule has 0 aliphatic heterocycles. The van der Waals surface area contributed by atoms with E-state index in [0.717, 1.165) is 16.7 Å². The van der Waals surface area contributed by atoms with Crippen LogP contribution >= 0.6 is 0 Å². The van der Waals surface area contributed by atoms with Crippen LogP contribution < -0.4 is 0 Å². The summed E-state index contributed by atoms with van der Waals surface area (Å²) in [6.07, 6.45) is 3.97. The lowest BCUT2D eigenvalue weighted by molar-refractivity contribution is -0.155. The van der Waals surface area contributed by atoms with Crippen LogP contribution in [0.25, 0.3) is 11.1 Å². The van der Waals surface area contributed by atoms with Crippen LogP contribution in [-0.4, -0.2) is 16.6 Å². The molecule has 116 valence electrons. The fraction of sp³-hybridized carbons (Fsp3) is 0.368. The van der Waals surface area contributed by atoms with Gasteiger partial charge in [-0.3, -0.25) is 9.78 Å². The van der Waals surface area contributed by atoms with Crippen molar-refractivity contribution < 1.29 is 9.53 Å². The molecule has 0 saturated heterocycles. The van der Waals surface area contributed by atoms with Crippen LogP contribution in [0.1, 0.15) is 45.6 Å². The number of nitrogens with zero attached hydrogens (tertiary/aromatic N) is 1. The van der Waals surface area contributed by atoms with E-state index in [0.29, 0.717) is 6.42 Å². The van der Waals surface area contributed by atoms with Crippen molar-refractivity contribution in [2.75, 3.05) is 0 Å². The summed E-state index contributed by atoms with van der Waals surface area (Å²) >= 11 is 0. The Labute approximate surface area is 132 Å². The van der Waals surface area contributed by atoms with Gasteiger partial charge in [0.1, 0.15) is 5.60 Å². The molecular formula is C19H23NO2. The van der Waals surface area contributed by atoms with Crippen molar-refractivity contribution in [1.82, 2.24) is 4.98 Å². The van der Waals surface area contributed by atoms with Crippen LogP contribution in [0.3, 0.4) is 0 Å². The van der Waals surface area contributed by atoms with E-state index < -0.39 is 5.60 Å². The zero-order valence-electron chi connectivity index (χ0n) is 13.7. The molecule has 1 aromatic heterocycles. The van der Waals surface area contributed by atoms with Gasteiger partial charge in [0.25, 0.3) is 0 Å². The molecule has 0 aliphatic rings. The summed E-state index contributed by atoms with van der Waals surface area (Å²) in [7, 11) is 0. The second kappa shape index (κ2) is 6.73. The fourth-order valence-electron chi connectivity index (χ4n) is 2.30. The summed E-state index contributed by atoms with van der Waals surface area (Å²) in [6.45, 7) is 7.71. The molecule has 0 fully saturated rings. The van der Waals surface area contributed by atoms with Gasteiger partial charge >= 0.3 is 5.97 Å². The Morgan fingerprint density at radius 3 is 2.14 bits per heavy atom. The van der Waals surface area contributed by atoms with Crippen LogP contribution in [0.4, 0.5) is 0 Å². The van der Waals surface area contributed by atoms with Crippen molar-refractivity contribution in [2.45, 2.75) is 45.6 Å². The van der Waals surface area contributed by atoms with Gasteiger partial charge in [0.2, 0.25) is 0 Å². The highest BCUT2D eigenvalue weighted by atomic mass is 16.6. The second-order valence-corrected chi connectivity index (χ2v) is 6.55. The molecule has 0 N–H and O–H groups in total. The van der Waals surface area contributed by atoms with Gasteiger partial charge in [-0.2, -0.15) is 0 Å². The smallest absolute Gasteiger partial charge is 0.306 e. The summed E-state index contributed by atoms with van der Waals surface area (Å²) < 4.78 is 5.38. The van der Waals surface area contributed by atoms with Crippen LogP contribution in [0.5, 0.6) is 0 Å². The first-order valence-corrected chi connectivity index (χ1v) is 7.57. The van der Waals surface area contributed by atoms with E-state index in [9.17, 15) is 4.79 Å². The molecule has 0 aliphatic carbocycles. The monoisotopic (exact) mass is 297 g/mol. The Balaban J connectivity index is 2.02. The Kier molecular flexibility index (Phi) is 4.96. The normalized spacial score (nSPS) is 12.7. The molecule has 2 rings (SSSR count). The van der Waals surface area contributed by atoms with E-state index in [1.165, 1.54) is 0 Å². The average molecular weight is 297 g/mol. The molecule has 1 heterocycles. The van der Waals surface area contributed by atoms with E-state index in [-0.39, 0.29) is 11.9 Å². The average Bonchev–Trinajstić information content (AvgIpc) is 2.46. The summed E-state index contributed by atoms with van der Waals surface area (Å²) in [5.74, 6) is -0.0143. The first-order chi connectivity index (χ1) is 10.3. The summed E-state index contributed by atoms with van der Waals surface area (Å²) in [5, 5.41) is 0. The maximum Gasteiger partial charge on any atom is 0.306 e. The highest BCUT2D eigenvalue weighted by molar-refractivity contribution is 5.71. The van der Waals surface area contributed by atoms with Gasteiger partial charge < -0.3 is 4.74 Å². The molecule has 0 radical (unpaired) electrons. The van der Waals surface area contributed by atoms with Gasteiger partial charge in [-0.15, -0.1) is 0 Å². The minimum absolute atomic E-state index is 0.140. The summed E-state index contributed by atoms with van der Waals surface area (Å²) in [4.78, 5) is 15.9. The van der Waals surface area contributed by atoms with Gasteiger partial charge in [-0.05, 0) is 55.5 Å². The Bertz CT molecular complexity index is 612. The Morgan fingerprint density at radius 1 is 1.05 bits per heavy atom. The third-order valence-electron chi connectivity index (χ3n) is 3.39. The number of aromatic nitrogens is 1. The first kappa shape index (κ1) is 16.2. The molecule has 0 bridgehead atoms. The highest BCUT2D eigenvalue weighted by Gasteiger charge is 2.19. The number of hydrogen-bond donors (Lipinski definition) is 0. The van der Waals surface area contributed by atoms with Gasteiger partial charge in [0.05, 0.1) is 6.42 Å². The lowest BCUT2D eigenvalue weighted by Gasteiger charge is -2.21. The predicted octanol–water partition coefficient (Wildman–Crippen LogP) is 4.58. The Morgan fingerprint density at radius 2 is 1.59 bits per heavy atom. The van der Waals surface area contributed by atoms with Crippen molar-refractivity contribution in [3.8, 4) is 11.1 Å². The number of benzene rings is 1. The molecule has 0 unspecified atom stereocenters. The maximum atomic E-state index is 11.9. The summed E-state index contributed by atoms with van der Waals surface area (Å²) in [5.41, 5.74) is 3.00. The number of esters is 1. The SMILES string of the molecule is C[C@H](CC(=O)OC(C)(C)C)c1ccc(-c2ccncc2)cc1. The number of rotatable bonds is 4. The lowest BCUT2D eigenvalue weighted by atomic mass is 9.95. The van der Waals surface area contributed by atoms with Crippen LogP contribution in [0, 0.1) is 0 Å². The Hall–Kier alpha value is -2.16. The number of carbonyl (C=O) groups is 1. The van der Waals surface area contributed by atoms with Crippen LogP contribution in [0.2, 0.25) is 0 Å². The van der Waals surface area contributed by atoms with Crippen LogP contribution in [-0.2, 0) is 9.53 Å². The molecule has 2 aromatic rings. The van der Waals surface area contributed by atoms with E-state index in [1.54, 1.807) is 12.4 Å². The van der Waals surface area contributed by atoms with Gasteiger partial charge in [-0.25, -0.2) is 0 Å². The predicted molar refractivity (Wildman–Crippen MR) is 88.6 cm³/mol. The van der Waals surface area contributed by atoms with Crippen molar-refractivity contribution in [1.29, 1.82) is 0 Å². The van der Waals surface area contributed by atoms with E-state index in [2.05, 4.69) is 29.2 Å². The second-order valence-electron chi connectivity index (χ2n) is 6.55. The topological polar surface area (TPSA) is 39.2 Å². The molecule has 3 nitrogen and oxygen atoms in total. The number of hydrogen-bond acceptors (Lipinski definition) is 3. The number of ether oxygens (including phenoxy) is 1. The van der Waals surface area contributed by atoms with Crippen molar-refractivity contribution >= 4 is 5.97 Å². The molecule has 1 atom stereocenters. The maximum absolute atomic E-state index is 11.9. The number of carbonyl (C=O) groups excluding carboxylic acids is 1. The standard InChI is InChI=1S/C19H23NO2/c1-14(13-18(21)22-19(2,3)4)15-5-7-16(8-6-15)17-9-11-20-12-10-17/h5-12,14H,13H2,1-4H3/t14-/m1/s1. The van der Waals surface area contributed by atoms with Crippen molar-refractivity contribution in [2.24, 2.45) is 0 Å². The quantitative estimate of drug-likeness (QED) is 0.775. The van der Waals surface area contributed by atoms with E-state index in [4.69, 9.17) is 4.74 Å². The zero-order valence-corrected chi connectivity index (χ0v) is 13.7. The van der Waals surface area contributed by atoms with Crippen molar-refractivity contribution in [3.63, 3.8) is 0 Å². The molecule has 1 aromatic carbocycles. The summed E-state index contributed by atoms with van der Waals surface area (Å²) in [6, 6.07) is 12.3. The highest BCUT2D eigenvalue weighted by Crippen LogP contribution is 2.25. The first-order valence-electron chi connectivity index (χ1n) is 7.57. The molecular weight excluding hydrogens is 274 g/mol. The van der Waals surface area contributed by atoms with Gasteiger partial charge in [0, 0.05) is 12.4 Å². The van der Waals surface area contributed by atoms with E-state index >= 15 is 0 Å². The molecule has 3 heteroatoms. The lowest BCUT2D eigenvalue weighted by Crippen LogP contribution is -2.24. The van der Waals surface area contributed by atoms with E-state index in [1.807, 2.05) is 39.8 Å². The third-order valence-corrected chi connectivity index (χ3v) is 3.39. The molecule has 0 spiro atoms. The molecule has 0 saturated carbocycles. The zero-order chi connectivity index (χ0) is 16.2. The minimum atomic E-state index is -0.429. The van der Waals surface area contributed by atoms with Gasteiger partial charge in [0.15, 0.2) is 0 Å². The van der Waals surface area contributed by atoms with Gasteiger partial charge in [-0.1, -0.05) is 31.2 Å².